The van der Waals surface area contributed by atoms with E-state index >= 15 is 0 Å². The maximum atomic E-state index is 13.5. The van der Waals surface area contributed by atoms with Crippen molar-refractivity contribution >= 4 is 23.0 Å². The highest BCUT2D eigenvalue weighted by Gasteiger charge is 2.32. The topological polar surface area (TPSA) is 96.6 Å². The van der Waals surface area contributed by atoms with Crippen molar-refractivity contribution in [2.75, 3.05) is 12.4 Å². The highest BCUT2D eigenvalue weighted by molar-refractivity contribution is 7.89. The Bertz CT molecular complexity index is 1140. The van der Waals surface area contributed by atoms with Crippen molar-refractivity contribution in [1.82, 2.24) is 0 Å². The molecule has 168 valence electrons. The van der Waals surface area contributed by atoms with Gasteiger partial charge in [0.05, 0.1) is 29.6 Å². The van der Waals surface area contributed by atoms with Crippen molar-refractivity contribution in [2.24, 2.45) is 5.14 Å². The molecule has 0 aliphatic carbocycles. The number of ether oxygens (including phenoxy) is 2. The molecule has 0 bridgehead atoms. The molecule has 3 aromatic carbocycles. The minimum atomic E-state index is -4.69. The molecule has 0 aromatic heterocycles. The van der Waals surface area contributed by atoms with E-state index in [1.54, 1.807) is 0 Å². The first-order valence-corrected chi connectivity index (χ1v) is 10.1. The Morgan fingerprint density at radius 3 is 2.44 bits per heavy atom. The SMILES string of the molecule is COc1cc(F)ccc1Oc1cc(C(F)(F)F)ccc1C(=O)Nc1cccc([S+](N)[O-])c1. The molecule has 0 radical (unpaired) electrons. The second-order valence-electron chi connectivity index (χ2n) is 6.39. The Morgan fingerprint density at radius 2 is 1.78 bits per heavy atom. The van der Waals surface area contributed by atoms with Crippen LogP contribution < -0.4 is 19.9 Å². The number of anilines is 1. The van der Waals surface area contributed by atoms with Crippen molar-refractivity contribution in [2.45, 2.75) is 11.1 Å². The normalized spacial score (nSPS) is 12.2. The van der Waals surface area contributed by atoms with E-state index in [9.17, 15) is 26.9 Å². The maximum absolute atomic E-state index is 13.5. The second-order valence-corrected chi connectivity index (χ2v) is 7.45. The van der Waals surface area contributed by atoms with Crippen LogP contribution in [0.2, 0.25) is 0 Å². The largest absolute Gasteiger partial charge is 0.593 e. The summed E-state index contributed by atoms with van der Waals surface area (Å²) in [5, 5.41) is 7.82. The van der Waals surface area contributed by atoms with Gasteiger partial charge in [-0.2, -0.15) is 13.2 Å². The van der Waals surface area contributed by atoms with Gasteiger partial charge in [0.2, 0.25) is 0 Å². The average molecular weight is 468 g/mol. The van der Waals surface area contributed by atoms with E-state index in [2.05, 4.69) is 5.32 Å². The molecule has 1 unspecified atom stereocenters. The van der Waals surface area contributed by atoms with E-state index in [-0.39, 0.29) is 27.6 Å². The van der Waals surface area contributed by atoms with E-state index in [0.717, 1.165) is 30.3 Å². The number of nitrogens with two attached hydrogens (primary N) is 1. The predicted octanol–water partition coefficient (Wildman–Crippen LogP) is 4.88. The van der Waals surface area contributed by atoms with Gasteiger partial charge in [0.25, 0.3) is 5.91 Å². The van der Waals surface area contributed by atoms with Crippen LogP contribution in [-0.2, 0) is 17.5 Å². The number of hydrogen-bond donors (Lipinski definition) is 2. The minimum absolute atomic E-state index is 0.0769. The molecule has 0 heterocycles. The first-order chi connectivity index (χ1) is 15.1. The number of nitrogens with one attached hydrogen (secondary N) is 1. The van der Waals surface area contributed by atoms with Crippen molar-refractivity contribution in [3.05, 3.63) is 77.6 Å². The van der Waals surface area contributed by atoms with Gasteiger partial charge >= 0.3 is 6.18 Å². The van der Waals surface area contributed by atoms with E-state index in [1.807, 2.05) is 0 Å². The van der Waals surface area contributed by atoms with Gasteiger partial charge in [0, 0.05) is 17.8 Å². The number of hydrogen-bond acceptors (Lipinski definition) is 5. The Hall–Kier alpha value is -3.28. The fourth-order valence-electron chi connectivity index (χ4n) is 2.71. The van der Waals surface area contributed by atoms with Crippen LogP contribution in [0.5, 0.6) is 17.2 Å². The fraction of sp³-hybridized carbons (Fsp3) is 0.0952. The third-order valence-corrected chi connectivity index (χ3v) is 4.94. The Labute approximate surface area is 183 Å². The molecule has 0 aliphatic heterocycles. The third-order valence-electron chi connectivity index (χ3n) is 4.22. The third kappa shape index (κ3) is 5.49. The van der Waals surface area contributed by atoms with Gasteiger partial charge in [-0.05, 0) is 42.5 Å². The molecule has 3 rings (SSSR count). The summed E-state index contributed by atoms with van der Waals surface area (Å²) in [5.41, 5.74) is -1.06. The summed E-state index contributed by atoms with van der Waals surface area (Å²) in [6.07, 6.45) is -4.69. The van der Waals surface area contributed by atoms with Gasteiger partial charge in [-0.15, -0.1) is 5.14 Å². The van der Waals surface area contributed by atoms with E-state index in [4.69, 9.17) is 14.6 Å². The summed E-state index contributed by atoms with van der Waals surface area (Å²) >= 11 is -1.79. The summed E-state index contributed by atoms with van der Waals surface area (Å²) in [7, 11) is 1.23. The predicted molar refractivity (Wildman–Crippen MR) is 109 cm³/mol. The molecule has 0 saturated heterocycles. The van der Waals surface area contributed by atoms with Crippen molar-refractivity contribution in [3.8, 4) is 17.2 Å². The fourth-order valence-corrected chi connectivity index (χ4v) is 3.17. The lowest BCUT2D eigenvalue weighted by Crippen LogP contribution is -2.16. The number of rotatable bonds is 6. The van der Waals surface area contributed by atoms with E-state index in [1.165, 1.54) is 31.4 Å². The lowest BCUT2D eigenvalue weighted by molar-refractivity contribution is -0.137. The molecule has 32 heavy (non-hydrogen) atoms. The number of halogens is 4. The highest BCUT2D eigenvalue weighted by atomic mass is 32.2. The molecule has 6 nitrogen and oxygen atoms in total. The molecule has 11 heteroatoms. The van der Waals surface area contributed by atoms with Crippen molar-refractivity contribution in [3.63, 3.8) is 0 Å². The first-order valence-electron chi connectivity index (χ1n) is 8.88. The molecule has 1 amide bonds. The quantitative estimate of drug-likeness (QED) is 0.397. The van der Waals surface area contributed by atoms with E-state index in [0.29, 0.717) is 6.07 Å². The molecule has 3 aromatic rings. The van der Waals surface area contributed by atoms with Gasteiger partial charge in [-0.25, -0.2) is 4.39 Å². The number of carbonyl (C=O) groups is 1. The maximum Gasteiger partial charge on any atom is 0.416 e. The molecule has 3 N–H and O–H groups in total. The summed E-state index contributed by atoms with van der Waals surface area (Å²) in [6.45, 7) is 0. The number of benzene rings is 3. The van der Waals surface area contributed by atoms with Crippen LogP contribution in [0.4, 0.5) is 23.2 Å². The van der Waals surface area contributed by atoms with Gasteiger partial charge in [-0.3, -0.25) is 4.79 Å². The Balaban J connectivity index is 2.00. The zero-order valence-electron chi connectivity index (χ0n) is 16.4. The van der Waals surface area contributed by atoms with Gasteiger partial charge in [0.15, 0.2) is 16.4 Å². The van der Waals surface area contributed by atoms with Crippen molar-refractivity contribution in [1.29, 1.82) is 0 Å². The lowest BCUT2D eigenvalue weighted by atomic mass is 10.1. The first kappa shape index (κ1) is 23.4. The van der Waals surface area contributed by atoms with Crippen LogP contribution in [0, 0.1) is 5.82 Å². The lowest BCUT2D eigenvalue weighted by Gasteiger charge is -2.16. The monoisotopic (exact) mass is 468 g/mol. The molecule has 0 saturated carbocycles. The highest BCUT2D eigenvalue weighted by Crippen LogP contribution is 2.38. The number of amides is 1. The summed E-state index contributed by atoms with van der Waals surface area (Å²) < 4.78 is 75.1. The molecule has 1 atom stereocenters. The second kappa shape index (κ2) is 9.47. The zero-order chi connectivity index (χ0) is 23.5. The van der Waals surface area contributed by atoms with Gasteiger partial charge in [0.1, 0.15) is 11.6 Å². The Kier molecular flexibility index (Phi) is 6.92. The molecular formula is C21H16F4N2O4S. The summed E-state index contributed by atoms with van der Waals surface area (Å²) in [6, 6.07) is 11.4. The van der Waals surface area contributed by atoms with Gasteiger partial charge in [-0.1, -0.05) is 6.07 Å². The summed E-state index contributed by atoms with van der Waals surface area (Å²) in [5.74, 6) is -2.04. The van der Waals surface area contributed by atoms with E-state index < -0.39 is 40.6 Å². The number of carbonyl (C=O) groups excluding carboxylic acids is 1. The average Bonchev–Trinajstić information content (AvgIpc) is 2.74. The van der Waals surface area contributed by atoms with Crippen LogP contribution in [0.15, 0.2) is 65.6 Å². The van der Waals surface area contributed by atoms with Crippen LogP contribution >= 0.6 is 0 Å². The smallest absolute Gasteiger partial charge is 0.416 e. The van der Waals surface area contributed by atoms with Crippen LogP contribution in [0.25, 0.3) is 0 Å². The van der Waals surface area contributed by atoms with Crippen molar-refractivity contribution < 1.29 is 36.4 Å². The molecule has 0 spiro atoms. The molecule has 0 fully saturated rings. The molecule has 0 aliphatic rings. The standard InChI is InChI=1S/C21H16F4N2O4S/c1-30-19-10-13(22)6-8-17(19)31-18-9-12(21(23,24)25)5-7-16(18)20(28)27-14-3-2-4-15(11-14)32(26)29/h2-11H,26H2,1H3,(H,27,28). The number of alkyl halides is 3. The van der Waals surface area contributed by atoms with Crippen LogP contribution in [0.3, 0.4) is 0 Å². The van der Waals surface area contributed by atoms with Crippen LogP contribution in [-0.4, -0.2) is 17.6 Å². The van der Waals surface area contributed by atoms with Crippen LogP contribution in [0.1, 0.15) is 15.9 Å². The Morgan fingerprint density at radius 1 is 1.03 bits per heavy atom. The zero-order valence-corrected chi connectivity index (χ0v) is 17.2. The number of methoxy groups -OCH3 is 1. The minimum Gasteiger partial charge on any atom is -0.593 e. The summed E-state index contributed by atoms with van der Waals surface area (Å²) in [4.78, 5) is 13.0. The molecular weight excluding hydrogens is 452 g/mol. The van der Waals surface area contributed by atoms with Gasteiger partial charge < -0.3 is 19.3 Å².